The fraction of sp³-hybridized carbons (Fsp3) is 0.250. The Morgan fingerprint density at radius 3 is 1.50 bits per heavy atom. The minimum atomic E-state index is 0.470. The maximum Gasteiger partial charge on any atom is 0.0638 e. The van der Waals surface area contributed by atoms with Crippen LogP contribution in [0.15, 0.2) is 107 Å². The SMILES string of the molecule is CCC(C)Nc1ccc(Nc2ccc(N=C3C=CC(=Nc4ccc(C(C)CC)cc4)C=C3)cc2)cc1. The molecule has 3 aromatic rings. The number of nitrogens with one attached hydrogen (secondary N) is 2. The van der Waals surface area contributed by atoms with Crippen LogP contribution in [0.5, 0.6) is 0 Å². The van der Waals surface area contributed by atoms with E-state index in [4.69, 9.17) is 9.98 Å². The first kappa shape index (κ1) is 25.2. The van der Waals surface area contributed by atoms with Gasteiger partial charge in [-0.05, 0) is 116 Å². The average Bonchev–Trinajstić information content (AvgIpc) is 2.92. The summed E-state index contributed by atoms with van der Waals surface area (Å²) in [6.07, 6.45) is 10.3. The van der Waals surface area contributed by atoms with Crippen LogP contribution in [0.1, 0.15) is 52.0 Å². The number of allylic oxidation sites excluding steroid dienone is 4. The summed E-state index contributed by atoms with van der Waals surface area (Å²) in [5, 5.41) is 6.94. The van der Waals surface area contributed by atoms with E-state index in [1.165, 1.54) is 5.56 Å². The molecule has 4 nitrogen and oxygen atoms in total. The topological polar surface area (TPSA) is 48.8 Å². The lowest BCUT2D eigenvalue weighted by molar-refractivity contribution is 0.734. The smallest absolute Gasteiger partial charge is 0.0638 e. The van der Waals surface area contributed by atoms with Gasteiger partial charge in [-0.15, -0.1) is 0 Å². The molecule has 0 bridgehead atoms. The van der Waals surface area contributed by atoms with Crippen LogP contribution >= 0.6 is 0 Å². The van der Waals surface area contributed by atoms with E-state index < -0.39 is 0 Å². The van der Waals surface area contributed by atoms with Gasteiger partial charge in [-0.2, -0.15) is 0 Å². The number of anilines is 3. The zero-order valence-corrected chi connectivity index (χ0v) is 21.7. The Hall–Kier alpha value is -3.92. The average molecular weight is 477 g/mol. The lowest BCUT2D eigenvalue weighted by Gasteiger charge is -2.13. The van der Waals surface area contributed by atoms with Gasteiger partial charge >= 0.3 is 0 Å². The molecule has 4 rings (SSSR count). The van der Waals surface area contributed by atoms with E-state index in [1.807, 2.05) is 36.4 Å². The summed E-state index contributed by atoms with van der Waals surface area (Å²) in [6, 6.07) is 25.6. The molecule has 0 saturated carbocycles. The fourth-order valence-corrected chi connectivity index (χ4v) is 3.84. The van der Waals surface area contributed by atoms with Crippen LogP contribution in [0.3, 0.4) is 0 Å². The molecule has 0 radical (unpaired) electrons. The Morgan fingerprint density at radius 1 is 0.583 bits per heavy atom. The third-order valence-electron chi connectivity index (χ3n) is 6.51. The zero-order chi connectivity index (χ0) is 25.3. The van der Waals surface area contributed by atoms with Crippen molar-refractivity contribution in [2.75, 3.05) is 10.6 Å². The molecule has 0 amide bonds. The Balaban J connectivity index is 1.34. The summed E-state index contributed by atoms with van der Waals surface area (Å²) < 4.78 is 0. The summed E-state index contributed by atoms with van der Waals surface area (Å²) in [6.45, 7) is 8.84. The highest BCUT2D eigenvalue weighted by molar-refractivity contribution is 6.19. The number of hydrogen-bond acceptors (Lipinski definition) is 4. The van der Waals surface area contributed by atoms with Crippen molar-refractivity contribution < 1.29 is 0 Å². The van der Waals surface area contributed by atoms with Gasteiger partial charge in [0.05, 0.1) is 22.8 Å². The number of aliphatic imine (C=N–C) groups is 2. The Labute approximate surface area is 215 Å². The second kappa shape index (κ2) is 12.2. The molecule has 0 spiro atoms. The van der Waals surface area contributed by atoms with Gasteiger partial charge in [0.1, 0.15) is 0 Å². The molecule has 2 unspecified atom stereocenters. The second-order valence-corrected chi connectivity index (χ2v) is 9.34. The number of benzene rings is 3. The molecular weight excluding hydrogens is 440 g/mol. The van der Waals surface area contributed by atoms with Crippen LogP contribution in [0.2, 0.25) is 0 Å². The maximum atomic E-state index is 4.75. The van der Waals surface area contributed by atoms with Gasteiger partial charge in [-0.3, -0.25) is 0 Å². The van der Waals surface area contributed by atoms with Crippen LogP contribution < -0.4 is 10.6 Å². The van der Waals surface area contributed by atoms with Crippen LogP contribution in [0.25, 0.3) is 0 Å². The van der Waals surface area contributed by atoms with Gasteiger partial charge in [0.2, 0.25) is 0 Å². The molecule has 2 N–H and O–H groups in total. The minimum Gasteiger partial charge on any atom is -0.383 e. The summed E-state index contributed by atoms with van der Waals surface area (Å²) in [7, 11) is 0. The normalized spacial score (nSPS) is 14.3. The zero-order valence-electron chi connectivity index (χ0n) is 21.7. The van der Waals surface area contributed by atoms with Crippen LogP contribution in [-0.2, 0) is 0 Å². The van der Waals surface area contributed by atoms with Crippen LogP contribution in [0, 0.1) is 0 Å². The van der Waals surface area contributed by atoms with Gasteiger partial charge in [0, 0.05) is 23.1 Å². The molecule has 184 valence electrons. The van der Waals surface area contributed by atoms with E-state index in [1.54, 1.807) is 0 Å². The monoisotopic (exact) mass is 476 g/mol. The van der Waals surface area contributed by atoms with Gasteiger partial charge in [0.15, 0.2) is 0 Å². The van der Waals surface area contributed by atoms with E-state index >= 15 is 0 Å². The van der Waals surface area contributed by atoms with Crippen molar-refractivity contribution in [3.8, 4) is 0 Å². The minimum absolute atomic E-state index is 0.470. The molecule has 4 heteroatoms. The van der Waals surface area contributed by atoms with Crippen LogP contribution in [-0.4, -0.2) is 17.5 Å². The molecule has 0 heterocycles. The van der Waals surface area contributed by atoms with E-state index in [0.29, 0.717) is 12.0 Å². The molecule has 0 saturated heterocycles. The van der Waals surface area contributed by atoms with Crippen molar-refractivity contribution in [3.05, 3.63) is 103 Å². The van der Waals surface area contributed by atoms with Crippen molar-refractivity contribution in [1.82, 2.24) is 0 Å². The van der Waals surface area contributed by atoms with Crippen molar-refractivity contribution in [2.45, 2.75) is 52.5 Å². The van der Waals surface area contributed by atoms with Crippen LogP contribution in [0.4, 0.5) is 28.4 Å². The molecule has 0 aromatic heterocycles. The summed E-state index contributed by atoms with van der Waals surface area (Å²) in [5.41, 5.74) is 8.31. The quantitative estimate of drug-likeness (QED) is 0.302. The summed E-state index contributed by atoms with van der Waals surface area (Å²) >= 11 is 0. The second-order valence-electron chi connectivity index (χ2n) is 9.34. The maximum absolute atomic E-state index is 4.75. The summed E-state index contributed by atoms with van der Waals surface area (Å²) in [5.74, 6) is 0.577. The Kier molecular flexibility index (Phi) is 8.51. The number of nitrogens with zero attached hydrogens (tertiary/aromatic N) is 2. The van der Waals surface area contributed by atoms with Crippen molar-refractivity contribution >= 4 is 39.9 Å². The standard InChI is InChI=1S/C32H36N4/c1-5-23(3)25-7-9-27(10-8-25)34-29-15-17-31(18-16-29)36-32-21-19-30(20-22-32)35-28-13-11-26(12-14-28)33-24(4)6-2/h7-24,33,35H,5-6H2,1-4H3. The van der Waals surface area contributed by atoms with E-state index in [0.717, 1.165) is 52.7 Å². The third-order valence-corrected chi connectivity index (χ3v) is 6.51. The number of hydrogen-bond donors (Lipinski definition) is 2. The first-order valence-corrected chi connectivity index (χ1v) is 12.9. The van der Waals surface area contributed by atoms with E-state index in [-0.39, 0.29) is 0 Å². The molecule has 1 aliphatic carbocycles. The molecular formula is C32H36N4. The predicted octanol–water partition coefficient (Wildman–Crippen LogP) is 9.13. The lowest BCUT2D eigenvalue weighted by atomic mass is 9.99. The predicted molar refractivity (Wildman–Crippen MR) is 157 cm³/mol. The number of rotatable bonds is 9. The first-order chi connectivity index (χ1) is 17.5. The molecule has 2 atom stereocenters. The molecule has 1 aliphatic rings. The fourth-order valence-electron chi connectivity index (χ4n) is 3.84. The van der Waals surface area contributed by atoms with Crippen molar-refractivity contribution in [2.24, 2.45) is 9.98 Å². The molecule has 3 aromatic carbocycles. The highest BCUT2D eigenvalue weighted by Gasteiger charge is 2.04. The van der Waals surface area contributed by atoms with E-state index in [9.17, 15) is 0 Å². The Bertz CT molecular complexity index is 1230. The highest BCUT2D eigenvalue weighted by Crippen LogP contribution is 2.24. The largest absolute Gasteiger partial charge is 0.383 e. The van der Waals surface area contributed by atoms with E-state index in [2.05, 4.69) is 99.0 Å². The highest BCUT2D eigenvalue weighted by atomic mass is 14.9. The van der Waals surface area contributed by atoms with Gasteiger partial charge < -0.3 is 10.6 Å². The van der Waals surface area contributed by atoms with Gasteiger partial charge in [0.25, 0.3) is 0 Å². The summed E-state index contributed by atoms with van der Waals surface area (Å²) in [4.78, 5) is 9.48. The van der Waals surface area contributed by atoms with Crippen molar-refractivity contribution in [3.63, 3.8) is 0 Å². The lowest BCUT2D eigenvalue weighted by Crippen LogP contribution is -2.13. The third kappa shape index (κ3) is 7.05. The molecule has 0 fully saturated rings. The van der Waals surface area contributed by atoms with Crippen molar-refractivity contribution in [1.29, 1.82) is 0 Å². The molecule has 36 heavy (non-hydrogen) atoms. The Morgan fingerprint density at radius 2 is 1.03 bits per heavy atom. The molecule has 0 aliphatic heterocycles. The van der Waals surface area contributed by atoms with Gasteiger partial charge in [-0.25, -0.2) is 9.98 Å². The van der Waals surface area contributed by atoms with Gasteiger partial charge in [-0.1, -0.05) is 32.9 Å². The first-order valence-electron chi connectivity index (χ1n) is 12.9.